The van der Waals surface area contributed by atoms with E-state index in [2.05, 4.69) is 21.1 Å². The smallest absolute Gasteiger partial charge is 0.323 e. The number of piperidine rings is 1. The lowest BCUT2D eigenvalue weighted by Crippen LogP contribution is -2.47. The molecular formula is C22H25N5O2. The number of anilines is 1. The number of rotatable bonds is 4. The second-order valence-corrected chi connectivity index (χ2v) is 8.41. The first-order valence-electron chi connectivity index (χ1n) is 10.1. The van der Waals surface area contributed by atoms with Crippen molar-refractivity contribution in [3.8, 4) is 11.4 Å². The number of hydrogen-bond acceptors (Lipinski definition) is 6. The predicted molar refractivity (Wildman–Crippen MR) is 111 cm³/mol. The molecule has 1 saturated heterocycles. The van der Waals surface area contributed by atoms with Gasteiger partial charge in [-0.3, -0.25) is 4.79 Å². The zero-order valence-electron chi connectivity index (χ0n) is 16.8. The van der Waals surface area contributed by atoms with E-state index in [1.54, 1.807) is 0 Å². The topological polar surface area (TPSA) is 67.4 Å². The van der Waals surface area contributed by atoms with Crippen LogP contribution in [0.2, 0.25) is 0 Å². The molecule has 29 heavy (non-hydrogen) atoms. The van der Waals surface area contributed by atoms with Gasteiger partial charge in [0.05, 0.1) is 0 Å². The highest BCUT2D eigenvalue weighted by Crippen LogP contribution is 2.37. The summed E-state index contributed by atoms with van der Waals surface area (Å²) in [5.41, 5.74) is 3.09. The fraction of sp³-hybridized carbons (Fsp3) is 0.409. The molecule has 2 bridgehead atoms. The van der Waals surface area contributed by atoms with E-state index >= 15 is 0 Å². The third-order valence-electron chi connectivity index (χ3n) is 5.89. The monoisotopic (exact) mass is 391 g/mol. The quantitative estimate of drug-likeness (QED) is 0.681. The largest absolute Gasteiger partial charge is 0.324 e. The molecule has 2 aliphatic heterocycles. The maximum absolute atomic E-state index is 13.0. The molecule has 2 atom stereocenters. The molecule has 1 fully saturated rings. The zero-order chi connectivity index (χ0) is 20.0. The molecule has 1 aromatic carbocycles. The highest BCUT2D eigenvalue weighted by atomic mass is 16.5. The summed E-state index contributed by atoms with van der Waals surface area (Å²) in [5, 5.41) is 4.17. The van der Waals surface area contributed by atoms with Gasteiger partial charge in [0.15, 0.2) is 0 Å². The van der Waals surface area contributed by atoms with Crippen LogP contribution in [0.3, 0.4) is 0 Å². The Kier molecular flexibility index (Phi) is 4.47. The van der Waals surface area contributed by atoms with Crippen molar-refractivity contribution in [2.24, 2.45) is 5.92 Å². The summed E-state index contributed by atoms with van der Waals surface area (Å²) in [6.45, 7) is 3.04. The molecule has 5 rings (SSSR count). The van der Waals surface area contributed by atoms with Crippen LogP contribution in [0.15, 0.2) is 51.8 Å². The van der Waals surface area contributed by atoms with Gasteiger partial charge in [0.25, 0.3) is 5.56 Å². The Morgan fingerprint density at radius 3 is 2.72 bits per heavy atom. The summed E-state index contributed by atoms with van der Waals surface area (Å²) < 4.78 is 7.59. The molecule has 0 spiro atoms. The summed E-state index contributed by atoms with van der Waals surface area (Å²) in [6, 6.07) is 14.6. The first-order chi connectivity index (χ1) is 14.1. The van der Waals surface area contributed by atoms with Gasteiger partial charge in [-0.15, -0.1) is 0 Å². The van der Waals surface area contributed by atoms with E-state index in [9.17, 15) is 4.79 Å². The second kappa shape index (κ2) is 7.15. The van der Waals surface area contributed by atoms with Crippen LogP contribution in [0, 0.1) is 5.92 Å². The molecule has 0 amide bonds. The van der Waals surface area contributed by atoms with Crippen molar-refractivity contribution in [1.29, 1.82) is 0 Å². The molecule has 0 unspecified atom stereocenters. The number of benzene rings is 1. The van der Waals surface area contributed by atoms with E-state index < -0.39 is 0 Å². The Morgan fingerprint density at radius 2 is 1.93 bits per heavy atom. The predicted octanol–water partition coefficient (Wildman–Crippen LogP) is 2.58. The first-order valence-corrected chi connectivity index (χ1v) is 10.1. The van der Waals surface area contributed by atoms with Crippen LogP contribution in [0.25, 0.3) is 11.4 Å². The number of pyridine rings is 1. The SMILES string of the molecule is CN(C)Cc1ccc2n(c1=O)C[C@H]1C[C@@H]2CN(c2nc(-c3ccccc3)no2)C1. The van der Waals surface area contributed by atoms with Gasteiger partial charge < -0.3 is 18.9 Å². The molecule has 4 heterocycles. The van der Waals surface area contributed by atoms with Crippen LogP contribution < -0.4 is 10.5 Å². The molecule has 7 heteroatoms. The van der Waals surface area contributed by atoms with Gasteiger partial charge in [-0.05, 0) is 32.5 Å². The van der Waals surface area contributed by atoms with Gasteiger partial charge in [-0.25, -0.2) is 0 Å². The first kappa shape index (κ1) is 18.1. The minimum Gasteiger partial charge on any atom is -0.323 e. The summed E-state index contributed by atoms with van der Waals surface area (Å²) in [5.74, 6) is 1.32. The van der Waals surface area contributed by atoms with Gasteiger partial charge in [0, 0.05) is 48.9 Å². The normalized spacial score (nSPS) is 20.7. The van der Waals surface area contributed by atoms with Crippen molar-refractivity contribution in [1.82, 2.24) is 19.6 Å². The van der Waals surface area contributed by atoms with Gasteiger partial charge in [-0.2, -0.15) is 4.98 Å². The van der Waals surface area contributed by atoms with Crippen molar-refractivity contribution in [2.75, 3.05) is 32.1 Å². The van der Waals surface area contributed by atoms with E-state index in [0.29, 0.717) is 30.2 Å². The van der Waals surface area contributed by atoms with Crippen molar-refractivity contribution in [2.45, 2.75) is 25.4 Å². The van der Waals surface area contributed by atoms with Gasteiger partial charge in [0.1, 0.15) is 0 Å². The number of aromatic nitrogens is 3. The number of fused-ring (bicyclic) bond motifs is 4. The molecule has 150 valence electrons. The fourth-order valence-electron chi connectivity index (χ4n) is 4.66. The minimum absolute atomic E-state index is 0.156. The maximum Gasteiger partial charge on any atom is 0.324 e. The highest BCUT2D eigenvalue weighted by molar-refractivity contribution is 5.55. The summed E-state index contributed by atoms with van der Waals surface area (Å²) in [4.78, 5) is 21.8. The molecule has 3 aromatic rings. The third kappa shape index (κ3) is 3.35. The molecule has 7 nitrogen and oxygen atoms in total. The molecule has 2 aromatic heterocycles. The van der Waals surface area contributed by atoms with E-state index in [4.69, 9.17) is 4.52 Å². The Labute approximate surface area is 169 Å². The van der Waals surface area contributed by atoms with Crippen molar-refractivity contribution < 1.29 is 4.52 Å². The van der Waals surface area contributed by atoms with Crippen LogP contribution in [-0.2, 0) is 13.1 Å². The summed E-state index contributed by atoms with van der Waals surface area (Å²) in [6.07, 6.45) is 1.10. The Balaban J connectivity index is 1.41. The maximum atomic E-state index is 13.0. The van der Waals surface area contributed by atoms with E-state index in [1.165, 1.54) is 0 Å². The average molecular weight is 391 g/mol. The Morgan fingerprint density at radius 1 is 1.10 bits per heavy atom. The lowest BCUT2D eigenvalue weighted by molar-refractivity contribution is 0.267. The Bertz CT molecular complexity index is 1070. The molecule has 0 N–H and O–H groups in total. The average Bonchev–Trinajstić information content (AvgIpc) is 3.21. The van der Waals surface area contributed by atoms with Gasteiger partial charge in [0.2, 0.25) is 5.82 Å². The molecule has 2 aliphatic rings. The van der Waals surface area contributed by atoms with Gasteiger partial charge in [-0.1, -0.05) is 41.6 Å². The Hall–Kier alpha value is -2.93. The lowest BCUT2D eigenvalue weighted by Gasteiger charge is -2.42. The molecule has 0 saturated carbocycles. The number of hydrogen-bond donors (Lipinski definition) is 0. The van der Waals surface area contributed by atoms with Crippen LogP contribution in [0.4, 0.5) is 6.01 Å². The van der Waals surface area contributed by atoms with Crippen LogP contribution in [0.1, 0.15) is 23.6 Å². The molecular weight excluding hydrogens is 366 g/mol. The van der Waals surface area contributed by atoms with Crippen molar-refractivity contribution >= 4 is 6.01 Å². The van der Waals surface area contributed by atoms with Gasteiger partial charge >= 0.3 is 6.01 Å². The van der Waals surface area contributed by atoms with E-state index in [1.807, 2.05) is 60.0 Å². The van der Waals surface area contributed by atoms with Crippen LogP contribution in [-0.4, -0.2) is 46.8 Å². The third-order valence-corrected chi connectivity index (χ3v) is 5.89. The van der Waals surface area contributed by atoms with E-state index in [-0.39, 0.29) is 5.56 Å². The molecule has 0 aliphatic carbocycles. The number of nitrogens with zero attached hydrogens (tertiary/aromatic N) is 5. The van der Waals surface area contributed by atoms with Crippen molar-refractivity contribution in [3.05, 3.63) is 64.1 Å². The standard InChI is InChI=1S/C22H25N5O2/c1-25(2)13-17-8-9-19-18-10-15(12-27(19)21(17)28)11-26(14-18)22-23-20(24-29-22)16-6-4-3-5-7-16/h3-9,15,18H,10-14H2,1-2H3/t15-,18+/m0/s1. The van der Waals surface area contributed by atoms with Crippen LogP contribution in [0.5, 0.6) is 0 Å². The van der Waals surface area contributed by atoms with E-state index in [0.717, 1.165) is 42.9 Å². The lowest BCUT2D eigenvalue weighted by atomic mass is 9.83. The summed E-state index contributed by atoms with van der Waals surface area (Å²) >= 11 is 0. The van der Waals surface area contributed by atoms with Crippen molar-refractivity contribution in [3.63, 3.8) is 0 Å². The minimum atomic E-state index is 0.156. The fourth-order valence-corrected chi connectivity index (χ4v) is 4.66. The van der Waals surface area contributed by atoms with Crippen LogP contribution >= 0.6 is 0 Å². The second-order valence-electron chi connectivity index (χ2n) is 8.41. The highest BCUT2D eigenvalue weighted by Gasteiger charge is 2.36. The molecule has 0 radical (unpaired) electrons. The zero-order valence-corrected chi connectivity index (χ0v) is 16.8. The summed E-state index contributed by atoms with van der Waals surface area (Å²) in [7, 11) is 3.98.